The van der Waals surface area contributed by atoms with E-state index in [1.54, 1.807) is 11.3 Å². The molecule has 0 bridgehead atoms. The number of esters is 1. The number of carbonyl (C=O) groups is 2. The minimum atomic E-state index is -0.413. The van der Waals surface area contributed by atoms with Crippen molar-refractivity contribution in [1.29, 1.82) is 0 Å². The van der Waals surface area contributed by atoms with Crippen molar-refractivity contribution in [3.05, 3.63) is 117 Å². The molecule has 37 heavy (non-hydrogen) atoms. The van der Waals surface area contributed by atoms with Crippen LogP contribution in [0.15, 0.2) is 105 Å². The molecule has 0 radical (unpaired) electrons. The van der Waals surface area contributed by atoms with Crippen molar-refractivity contribution in [2.45, 2.75) is 31.8 Å². The van der Waals surface area contributed by atoms with E-state index in [0.29, 0.717) is 17.7 Å². The quantitative estimate of drug-likeness (QED) is 0.363. The van der Waals surface area contributed by atoms with Gasteiger partial charge in [-0.25, -0.2) is 9.79 Å². The third kappa shape index (κ3) is 5.40. The van der Waals surface area contributed by atoms with E-state index in [4.69, 9.17) is 4.74 Å². The van der Waals surface area contributed by atoms with Crippen molar-refractivity contribution >= 4 is 40.1 Å². The fraction of sp³-hybridized carbons (Fsp3) is 0.207. The number of amides is 1. The lowest BCUT2D eigenvalue weighted by molar-refractivity contribution is -0.136. The molecule has 1 N–H and O–H groups in total. The van der Waals surface area contributed by atoms with Crippen LogP contribution in [0.5, 0.6) is 0 Å². The van der Waals surface area contributed by atoms with Gasteiger partial charge in [0.1, 0.15) is 0 Å². The van der Waals surface area contributed by atoms with E-state index in [-0.39, 0.29) is 18.4 Å². The van der Waals surface area contributed by atoms with Crippen LogP contribution in [0.25, 0.3) is 0 Å². The molecule has 1 amide bonds. The number of hydrogen-bond acceptors (Lipinski definition) is 7. The van der Waals surface area contributed by atoms with E-state index in [1.165, 1.54) is 18.9 Å². The monoisotopic (exact) mass is 529 g/mol. The Morgan fingerprint density at radius 2 is 1.81 bits per heavy atom. The lowest BCUT2D eigenvalue weighted by Gasteiger charge is -2.35. The van der Waals surface area contributed by atoms with Crippen LogP contribution in [-0.2, 0) is 20.7 Å². The van der Waals surface area contributed by atoms with Crippen LogP contribution in [0.4, 0.5) is 0 Å². The standard InChI is InChI=1S/C29H27N3O3S2/c1-19-26(28(34)35-2)27(22-13-14-36-17-22)32-23(18-37-29(32)30-19)16-25(33)31-24(21-11-7-4-8-12-21)15-20-9-5-3-6-10-20/h3-14,17-18,24,27H,15-16H2,1-2H3,(H,31,33)/t24-,27-/m1/s1. The van der Waals surface area contributed by atoms with Crippen LogP contribution in [-0.4, -0.2) is 29.1 Å². The zero-order valence-electron chi connectivity index (χ0n) is 20.6. The molecule has 2 atom stereocenters. The minimum absolute atomic E-state index is 0.0900. The summed E-state index contributed by atoms with van der Waals surface area (Å²) in [6.45, 7) is 1.83. The number of fused-ring (bicyclic) bond motifs is 1. The summed E-state index contributed by atoms with van der Waals surface area (Å²) in [6.07, 6.45) is 0.852. The summed E-state index contributed by atoms with van der Waals surface area (Å²) in [7, 11) is 1.38. The zero-order chi connectivity index (χ0) is 25.8. The van der Waals surface area contributed by atoms with Crippen LogP contribution < -0.4 is 5.32 Å². The van der Waals surface area contributed by atoms with E-state index < -0.39 is 12.0 Å². The molecular formula is C29H27N3O3S2. The van der Waals surface area contributed by atoms with E-state index in [0.717, 1.165) is 27.6 Å². The first-order valence-electron chi connectivity index (χ1n) is 12.0. The summed E-state index contributed by atoms with van der Waals surface area (Å²) < 4.78 is 5.12. The first-order chi connectivity index (χ1) is 18.0. The molecule has 0 aliphatic carbocycles. The number of carbonyl (C=O) groups excluding carboxylic acids is 2. The number of rotatable bonds is 8. The fourth-order valence-corrected chi connectivity index (χ4v) is 6.33. The Morgan fingerprint density at radius 1 is 1.08 bits per heavy atom. The molecule has 5 rings (SSSR count). The Balaban J connectivity index is 1.39. The molecule has 0 fully saturated rings. The van der Waals surface area contributed by atoms with Crippen LogP contribution in [0.3, 0.4) is 0 Å². The maximum Gasteiger partial charge on any atom is 0.338 e. The second-order valence-electron chi connectivity index (χ2n) is 8.84. The summed E-state index contributed by atoms with van der Waals surface area (Å²) in [5.41, 5.74) is 5.10. The Kier molecular flexibility index (Phi) is 7.58. The van der Waals surface area contributed by atoms with Crippen LogP contribution in [0, 0.1) is 0 Å². The average Bonchev–Trinajstić information content (AvgIpc) is 3.59. The molecule has 3 heterocycles. The molecule has 2 aromatic carbocycles. The van der Waals surface area contributed by atoms with Gasteiger partial charge in [0.05, 0.1) is 36.9 Å². The van der Waals surface area contributed by atoms with Gasteiger partial charge in [-0.05, 0) is 52.3 Å². The molecule has 0 unspecified atom stereocenters. The number of thiophene rings is 1. The first-order valence-corrected chi connectivity index (χ1v) is 13.8. The SMILES string of the molecule is COC(=O)C1=C(C)N=C2SC=C(CC(=O)N[C@H](Cc3ccccc3)c3ccccc3)N2[C@@H]1c1ccsc1. The Morgan fingerprint density at radius 3 is 2.49 bits per heavy atom. The summed E-state index contributed by atoms with van der Waals surface area (Å²) >= 11 is 3.04. The predicted molar refractivity (Wildman–Crippen MR) is 149 cm³/mol. The highest BCUT2D eigenvalue weighted by atomic mass is 32.2. The summed E-state index contributed by atoms with van der Waals surface area (Å²) in [5, 5.41) is 9.97. The number of benzene rings is 2. The number of thioether (sulfide) groups is 1. The third-order valence-electron chi connectivity index (χ3n) is 6.43. The summed E-state index contributed by atoms with van der Waals surface area (Å²) in [6, 6.07) is 21.6. The maximum absolute atomic E-state index is 13.4. The minimum Gasteiger partial charge on any atom is -0.466 e. The lowest BCUT2D eigenvalue weighted by Crippen LogP contribution is -2.38. The van der Waals surface area contributed by atoms with Gasteiger partial charge in [-0.3, -0.25) is 4.79 Å². The highest BCUT2D eigenvalue weighted by molar-refractivity contribution is 8.16. The predicted octanol–water partition coefficient (Wildman–Crippen LogP) is 5.99. The van der Waals surface area contributed by atoms with Crippen molar-refractivity contribution in [2.75, 3.05) is 7.11 Å². The molecule has 8 heteroatoms. The number of ether oxygens (including phenoxy) is 1. The Hall–Kier alpha value is -3.62. The number of aliphatic imine (C=N–C) groups is 1. The van der Waals surface area contributed by atoms with Crippen molar-refractivity contribution in [1.82, 2.24) is 10.2 Å². The van der Waals surface area contributed by atoms with Crippen molar-refractivity contribution in [2.24, 2.45) is 4.99 Å². The van der Waals surface area contributed by atoms with Crippen LogP contribution in [0.2, 0.25) is 0 Å². The van der Waals surface area contributed by atoms with Gasteiger partial charge in [-0.15, -0.1) is 0 Å². The molecule has 1 aromatic heterocycles. The van der Waals surface area contributed by atoms with Crippen molar-refractivity contribution in [3.8, 4) is 0 Å². The van der Waals surface area contributed by atoms with Crippen LogP contribution >= 0.6 is 23.1 Å². The highest BCUT2D eigenvalue weighted by Gasteiger charge is 2.41. The molecule has 2 aliphatic rings. The highest BCUT2D eigenvalue weighted by Crippen LogP contribution is 2.45. The van der Waals surface area contributed by atoms with Crippen molar-refractivity contribution < 1.29 is 14.3 Å². The fourth-order valence-electron chi connectivity index (χ4n) is 4.68. The number of allylic oxidation sites excluding steroid dienone is 1. The average molecular weight is 530 g/mol. The topological polar surface area (TPSA) is 71.0 Å². The van der Waals surface area contributed by atoms with Gasteiger partial charge < -0.3 is 15.0 Å². The molecule has 2 aliphatic heterocycles. The Labute approximate surface area is 224 Å². The first kappa shape index (κ1) is 25.0. The zero-order valence-corrected chi connectivity index (χ0v) is 22.2. The summed E-state index contributed by atoms with van der Waals surface area (Å²) in [5.74, 6) is -0.503. The van der Waals surface area contributed by atoms with E-state index in [9.17, 15) is 9.59 Å². The Bertz CT molecular complexity index is 1370. The van der Waals surface area contributed by atoms with Gasteiger partial charge in [0.2, 0.25) is 5.91 Å². The number of methoxy groups -OCH3 is 1. The second-order valence-corrected chi connectivity index (χ2v) is 10.5. The molecule has 6 nitrogen and oxygen atoms in total. The van der Waals surface area contributed by atoms with E-state index in [1.807, 2.05) is 82.6 Å². The smallest absolute Gasteiger partial charge is 0.338 e. The molecule has 0 saturated heterocycles. The van der Waals surface area contributed by atoms with E-state index in [2.05, 4.69) is 22.4 Å². The molecular weight excluding hydrogens is 502 g/mol. The van der Waals surface area contributed by atoms with Gasteiger partial charge in [0, 0.05) is 5.70 Å². The number of amidine groups is 1. The van der Waals surface area contributed by atoms with Gasteiger partial charge >= 0.3 is 5.97 Å². The number of nitrogens with one attached hydrogen (secondary N) is 1. The molecule has 0 saturated carbocycles. The normalized spacial score (nSPS) is 17.6. The largest absolute Gasteiger partial charge is 0.466 e. The maximum atomic E-state index is 13.4. The molecule has 188 valence electrons. The van der Waals surface area contributed by atoms with E-state index >= 15 is 0 Å². The summed E-state index contributed by atoms with van der Waals surface area (Å²) in [4.78, 5) is 32.9. The lowest BCUT2D eigenvalue weighted by atomic mass is 9.95. The van der Waals surface area contributed by atoms with Gasteiger partial charge in [0.25, 0.3) is 0 Å². The molecule has 3 aromatic rings. The van der Waals surface area contributed by atoms with Crippen molar-refractivity contribution in [3.63, 3.8) is 0 Å². The second kappa shape index (κ2) is 11.2. The molecule has 0 spiro atoms. The van der Waals surface area contributed by atoms with Gasteiger partial charge in [-0.2, -0.15) is 11.3 Å². The van der Waals surface area contributed by atoms with Crippen LogP contribution in [0.1, 0.15) is 42.1 Å². The third-order valence-corrected chi connectivity index (χ3v) is 8.02. The van der Waals surface area contributed by atoms with Gasteiger partial charge in [-0.1, -0.05) is 72.4 Å². The number of hydrogen-bond donors (Lipinski definition) is 1. The number of nitrogens with zero attached hydrogens (tertiary/aromatic N) is 2. The van der Waals surface area contributed by atoms with Gasteiger partial charge in [0.15, 0.2) is 5.17 Å².